The van der Waals surface area contributed by atoms with E-state index in [4.69, 9.17) is 9.47 Å². The van der Waals surface area contributed by atoms with Crippen LogP contribution in [0.15, 0.2) is 21.5 Å². The number of carbonyl (C=O) groups excluding carboxylic acids is 3. The van der Waals surface area contributed by atoms with Crippen LogP contribution < -0.4 is 9.47 Å². The second kappa shape index (κ2) is 9.67. The minimum Gasteiger partial charge on any atom is -0.493 e. The number of carbonyl (C=O) groups is 3. The van der Waals surface area contributed by atoms with E-state index < -0.39 is 11.1 Å². The van der Waals surface area contributed by atoms with Crippen molar-refractivity contribution in [3.8, 4) is 11.5 Å². The number of rotatable bonds is 6. The van der Waals surface area contributed by atoms with E-state index in [2.05, 4.69) is 15.9 Å². The molecule has 0 atom stereocenters. The molecule has 2 fully saturated rings. The first-order chi connectivity index (χ1) is 13.9. The molecule has 1 aromatic rings. The van der Waals surface area contributed by atoms with Gasteiger partial charge >= 0.3 is 0 Å². The van der Waals surface area contributed by atoms with Crippen LogP contribution >= 0.6 is 27.7 Å². The van der Waals surface area contributed by atoms with Crippen LogP contribution in [0, 0.1) is 0 Å². The van der Waals surface area contributed by atoms with Gasteiger partial charge in [0.15, 0.2) is 11.5 Å². The largest absolute Gasteiger partial charge is 0.493 e. The lowest BCUT2D eigenvalue weighted by Crippen LogP contribution is -2.44. The molecular formula is C20H23BrN2O5S. The third-order valence-electron chi connectivity index (χ3n) is 4.71. The van der Waals surface area contributed by atoms with Crippen molar-refractivity contribution < 1.29 is 23.9 Å². The smallest absolute Gasteiger partial charge is 0.294 e. The molecule has 0 N–H and O–H groups in total. The van der Waals surface area contributed by atoms with Crippen LogP contribution in [-0.2, 0) is 9.59 Å². The van der Waals surface area contributed by atoms with Gasteiger partial charge in [0.2, 0.25) is 5.91 Å². The standard InChI is InChI=1S/C20H23BrN2O5S/c1-3-28-18-14(21)9-13(10-15(18)27-2)11-16-19(25)23(20(26)29-16)12-17(24)22-7-5-4-6-8-22/h9-11H,3-8,12H2,1-2H3/b16-11+. The molecule has 3 amide bonds. The number of methoxy groups -OCH3 is 1. The zero-order valence-corrected chi connectivity index (χ0v) is 18.8. The number of likely N-dealkylation sites (tertiary alicyclic amines) is 1. The Kier molecular flexibility index (Phi) is 7.23. The Morgan fingerprint density at radius 2 is 1.97 bits per heavy atom. The number of halogens is 1. The Morgan fingerprint density at radius 1 is 1.24 bits per heavy atom. The maximum Gasteiger partial charge on any atom is 0.294 e. The Bertz CT molecular complexity index is 852. The topological polar surface area (TPSA) is 76.2 Å². The van der Waals surface area contributed by atoms with Crippen molar-refractivity contribution in [2.24, 2.45) is 0 Å². The number of nitrogens with zero attached hydrogens (tertiary/aromatic N) is 2. The molecule has 2 heterocycles. The molecule has 0 aliphatic carbocycles. The van der Waals surface area contributed by atoms with E-state index in [1.807, 2.05) is 6.92 Å². The summed E-state index contributed by atoms with van der Waals surface area (Å²) >= 11 is 4.29. The van der Waals surface area contributed by atoms with Gasteiger partial charge in [-0.25, -0.2) is 0 Å². The Labute approximate surface area is 182 Å². The van der Waals surface area contributed by atoms with E-state index in [9.17, 15) is 14.4 Å². The molecule has 3 rings (SSSR count). The van der Waals surface area contributed by atoms with Crippen LogP contribution in [0.3, 0.4) is 0 Å². The molecule has 0 saturated carbocycles. The predicted octanol–water partition coefficient (Wildman–Crippen LogP) is 3.91. The molecule has 156 valence electrons. The molecule has 0 spiro atoms. The summed E-state index contributed by atoms with van der Waals surface area (Å²) in [6.45, 7) is 3.52. The highest BCUT2D eigenvalue weighted by Gasteiger charge is 2.37. The Balaban J connectivity index is 1.77. The summed E-state index contributed by atoms with van der Waals surface area (Å²) in [4.78, 5) is 40.5. The fraction of sp³-hybridized carbons (Fsp3) is 0.450. The lowest BCUT2D eigenvalue weighted by atomic mass is 10.1. The van der Waals surface area contributed by atoms with Crippen molar-refractivity contribution in [1.82, 2.24) is 9.80 Å². The highest BCUT2D eigenvalue weighted by Crippen LogP contribution is 2.39. The normalized spacial score (nSPS) is 18.5. The van der Waals surface area contributed by atoms with Gasteiger partial charge in [-0.05, 0) is 77.7 Å². The van der Waals surface area contributed by atoms with Crippen LogP contribution in [-0.4, -0.2) is 60.2 Å². The maximum absolute atomic E-state index is 12.7. The Morgan fingerprint density at radius 3 is 2.62 bits per heavy atom. The van der Waals surface area contributed by atoms with E-state index >= 15 is 0 Å². The highest BCUT2D eigenvalue weighted by molar-refractivity contribution is 9.10. The van der Waals surface area contributed by atoms with Gasteiger partial charge in [-0.3, -0.25) is 19.3 Å². The molecule has 0 radical (unpaired) electrons. The number of benzene rings is 1. The van der Waals surface area contributed by atoms with Gasteiger partial charge in [-0.1, -0.05) is 0 Å². The molecule has 1 aromatic carbocycles. The van der Waals surface area contributed by atoms with Crippen molar-refractivity contribution in [3.63, 3.8) is 0 Å². The van der Waals surface area contributed by atoms with Crippen LogP contribution in [0.25, 0.3) is 6.08 Å². The van der Waals surface area contributed by atoms with Gasteiger partial charge in [0.05, 0.1) is 23.1 Å². The fourth-order valence-corrected chi connectivity index (χ4v) is 4.69. The first-order valence-corrected chi connectivity index (χ1v) is 11.1. The summed E-state index contributed by atoms with van der Waals surface area (Å²) < 4.78 is 11.6. The summed E-state index contributed by atoms with van der Waals surface area (Å²) in [5.41, 5.74) is 0.685. The molecule has 29 heavy (non-hydrogen) atoms. The zero-order chi connectivity index (χ0) is 21.0. The quantitative estimate of drug-likeness (QED) is 0.572. The van der Waals surface area contributed by atoms with E-state index in [1.165, 1.54) is 7.11 Å². The van der Waals surface area contributed by atoms with Crippen LogP contribution in [0.5, 0.6) is 11.5 Å². The van der Waals surface area contributed by atoms with Gasteiger partial charge in [-0.15, -0.1) is 0 Å². The third-order valence-corrected chi connectivity index (χ3v) is 6.21. The number of hydrogen-bond donors (Lipinski definition) is 0. The molecule has 2 aliphatic rings. The van der Waals surface area contributed by atoms with Gasteiger partial charge in [0.1, 0.15) is 6.54 Å². The summed E-state index contributed by atoms with van der Waals surface area (Å²) in [7, 11) is 1.54. The molecule has 2 saturated heterocycles. The van der Waals surface area contributed by atoms with E-state index in [0.29, 0.717) is 41.2 Å². The molecule has 0 unspecified atom stereocenters. The number of amides is 3. The molecule has 7 nitrogen and oxygen atoms in total. The maximum atomic E-state index is 12.7. The average molecular weight is 483 g/mol. The van der Waals surface area contributed by atoms with Gasteiger partial charge in [-0.2, -0.15) is 0 Å². The highest BCUT2D eigenvalue weighted by atomic mass is 79.9. The lowest BCUT2D eigenvalue weighted by molar-refractivity contribution is -0.136. The summed E-state index contributed by atoms with van der Waals surface area (Å²) in [6.07, 6.45) is 4.65. The number of thioether (sulfide) groups is 1. The molecule has 9 heteroatoms. The minimum atomic E-state index is -0.450. The van der Waals surface area contributed by atoms with Crippen molar-refractivity contribution in [3.05, 3.63) is 27.1 Å². The van der Waals surface area contributed by atoms with Crippen LogP contribution in [0.2, 0.25) is 0 Å². The number of hydrogen-bond acceptors (Lipinski definition) is 6. The van der Waals surface area contributed by atoms with Gasteiger partial charge in [0.25, 0.3) is 11.1 Å². The first kappa shape index (κ1) is 21.7. The van der Waals surface area contributed by atoms with E-state index in [0.717, 1.165) is 35.9 Å². The zero-order valence-electron chi connectivity index (χ0n) is 16.4. The number of piperidine rings is 1. The third kappa shape index (κ3) is 4.95. The predicted molar refractivity (Wildman–Crippen MR) is 115 cm³/mol. The van der Waals surface area contributed by atoms with Gasteiger partial charge in [0, 0.05) is 13.1 Å². The lowest BCUT2D eigenvalue weighted by Gasteiger charge is -2.27. The van der Waals surface area contributed by atoms with Crippen molar-refractivity contribution in [1.29, 1.82) is 0 Å². The second-order valence-corrected chi connectivity index (χ2v) is 8.52. The monoisotopic (exact) mass is 482 g/mol. The van der Waals surface area contributed by atoms with Gasteiger partial charge < -0.3 is 14.4 Å². The van der Waals surface area contributed by atoms with Crippen LogP contribution in [0.4, 0.5) is 4.79 Å². The molecule has 2 aliphatic heterocycles. The van der Waals surface area contributed by atoms with Crippen molar-refractivity contribution in [2.75, 3.05) is 33.4 Å². The Hall–Kier alpha value is -2.00. The van der Waals surface area contributed by atoms with Crippen molar-refractivity contribution in [2.45, 2.75) is 26.2 Å². The SMILES string of the molecule is CCOc1c(Br)cc(/C=C2/SC(=O)N(CC(=O)N3CCCCC3)C2=O)cc1OC. The van der Waals surface area contributed by atoms with E-state index in [-0.39, 0.29) is 17.4 Å². The summed E-state index contributed by atoms with van der Waals surface area (Å²) in [6, 6.07) is 3.53. The number of imide groups is 1. The minimum absolute atomic E-state index is 0.182. The average Bonchev–Trinajstić information content (AvgIpc) is 2.97. The van der Waals surface area contributed by atoms with Crippen LogP contribution in [0.1, 0.15) is 31.7 Å². The molecule has 0 bridgehead atoms. The van der Waals surface area contributed by atoms with E-state index in [1.54, 1.807) is 23.1 Å². The molecule has 0 aromatic heterocycles. The first-order valence-electron chi connectivity index (χ1n) is 9.48. The fourth-order valence-electron chi connectivity index (χ4n) is 3.27. The summed E-state index contributed by atoms with van der Waals surface area (Å²) in [5.74, 6) is 0.465. The molecular weight excluding hydrogens is 460 g/mol. The number of ether oxygens (including phenoxy) is 2. The summed E-state index contributed by atoms with van der Waals surface area (Å²) in [5, 5.41) is -0.427. The van der Waals surface area contributed by atoms with Crippen molar-refractivity contribution >= 4 is 50.8 Å². The second-order valence-electron chi connectivity index (χ2n) is 6.68.